The smallest absolute Gasteiger partial charge is 0.246 e. The van der Waals surface area contributed by atoms with Crippen LogP contribution in [0.3, 0.4) is 0 Å². The molecule has 0 radical (unpaired) electrons. The van der Waals surface area contributed by atoms with Gasteiger partial charge in [0.25, 0.3) is 0 Å². The monoisotopic (exact) mass is 520 g/mol. The van der Waals surface area contributed by atoms with Crippen molar-refractivity contribution in [3.05, 3.63) is 108 Å². The van der Waals surface area contributed by atoms with E-state index < -0.39 is 11.6 Å². The van der Waals surface area contributed by atoms with Crippen LogP contribution in [0.15, 0.2) is 91.1 Å². The number of rotatable bonds is 8. The molecule has 2 N–H and O–H groups in total. The third kappa shape index (κ3) is 5.21. The summed E-state index contributed by atoms with van der Waals surface area (Å²) < 4.78 is 0. The number of nitrogens with zero attached hydrogens (tertiary/aromatic N) is 2. The van der Waals surface area contributed by atoms with Gasteiger partial charge in [-0.05, 0) is 48.4 Å². The first kappa shape index (κ1) is 25.4. The lowest BCUT2D eigenvalue weighted by Crippen LogP contribution is -2.73. The largest absolute Gasteiger partial charge is 0.361 e. The van der Waals surface area contributed by atoms with E-state index in [1.165, 1.54) is 11.1 Å². The third-order valence-corrected chi connectivity index (χ3v) is 8.62. The van der Waals surface area contributed by atoms with Gasteiger partial charge in [0.2, 0.25) is 11.8 Å². The summed E-state index contributed by atoms with van der Waals surface area (Å²) in [5, 5.41) is 4.27. The van der Waals surface area contributed by atoms with Crippen LogP contribution in [0.1, 0.15) is 29.5 Å². The van der Waals surface area contributed by atoms with E-state index in [1.807, 2.05) is 53.6 Å². The molecule has 1 spiro atoms. The molecule has 1 atom stereocenters. The van der Waals surface area contributed by atoms with Crippen LogP contribution >= 0.6 is 0 Å². The highest BCUT2D eigenvalue weighted by molar-refractivity contribution is 6.00. The summed E-state index contributed by atoms with van der Waals surface area (Å²) in [6, 6.07) is 28.3. The normalized spacial score (nSPS) is 19.5. The Balaban J connectivity index is 1.20. The van der Waals surface area contributed by atoms with Gasteiger partial charge in [-0.2, -0.15) is 0 Å². The summed E-state index contributed by atoms with van der Waals surface area (Å²) in [4.78, 5) is 35.7. The van der Waals surface area contributed by atoms with Crippen molar-refractivity contribution in [2.75, 3.05) is 26.2 Å². The van der Waals surface area contributed by atoms with Crippen LogP contribution in [-0.2, 0) is 28.9 Å². The maximum absolute atomic E-state index is 14.1. The molecule has 2 aliphatic heterocycles. The van der Waals surface area contributed by atoms with Crippen LogP contribution in [0, 0.1) is 0 Å². The molecular weight excluding hydrogens is 484 g/mol. The molecule has 2 fully saturated rings. The Morgan fingerprint density at radius 3 is 2.08 bits per heavy atom. The third-order valence-electron chi connectivity index (χ3n) is 8.62. The van der Waals surface area contributed by atoms with Gasteiger partial charge >= 0.3 is 0 Å². The minimum Gasteiger partial charge on any atom is -0.361 e. The molecule has 6 heteroatoms. The number of carbonyl (C=O) groups excluding carboxylic acids is 2. The molecule has 6 nitrogen and oxygen atoms in total. The van der Waals surface area contributed by atoms with Gasteiger partial charge < -0.3 is 20.1 Å². The molecule has 0 bridgehead atoms. The highest BCUT2D eigenvalue weighted by atomic mass is 16.2. The molecule has 1 aromatic heterocycles. The molecule has 1 unspecified atom stereocenters. The summed E-state index contributed by atoms with van der Waals surface area (Å²) in [7, 11) is 0. The summed E-state index contributed by atoms with van der Waals surface area (Å²) in [5.74, 6) is 0.0382. The van der Waals surface area contributed by atoms with Gasteiger partial charge in [-0.15, -0.1) is 0 Å². The Kier molecular flexibility index (Phi) is 7.20. The minimum absolute atomic E-state index is 0.00251. The van der Waals surface area contributed by atoms with Gasteiger partial charge in [-0.25, -0.2) is 0 Å². The predicted molar refractivity (Wildman–Crippen MR) is 154 cm³/mol. The van der Waals surface area contributed by atoms with Gasteiger partial charge in [0.05, 0.1) is 0 Å². The number of benzene rings is 3. The van der Waals surface area contributed by atoms with Crippen molar-refractivity contribution in [2.24, 2.45) is 0 Å². The quantitative estimate of drug-likeness (QED) is 0.363. The summed E-state index contributed by atoms with van der Waals surface area (Å²) in [6.07, 6.45) is 5.49. The van der Waals surface area contributed by atoms with E-state index in [0.29, 0.717) is 25.8 Å². The number of nitrogens with one attached hydrogen (secondary N) is 2. The van der Waals surface area contributed by atoms with E-state index in [-0.39, 0.29) is 11.8 Å². The van der Waals surface area contributed by atoms with E-state index in [2.05, 4.69) is 57.7 Å². The number of aromatic nitrogens is 1. The van der Waals surface area contributed by atoms with Gasteiger partial charge in [0, 0.05) is 49.7 Å². The molecule has 2 saturated heterocycles. The molecule has 2 aliphatic rings. The average molecular weight is 521 g/mol. The van der Waals surface area contributed by atoms with Crippen molar-refractivity contribution in [3.63, 3.8) is 0 Å². The number of H-pyrrole nitrogens is 1. The van der Waals surface area contributed by atoms with Crippen LogP contribution in [0.5, 0.6) is 0 Å². The average Bonchev–Trinajstić information content (AvgIpc) is 3.39. The van der Waals surface area contributed by atoms with Crippen molar-refractivity contribution >= 4 is 22.7 Å². The molecule has 200 valence electrons. The Labute approximate surface area is 230 Å². The molecule has 4 aromatic rings. The first-order valence-corrected chi connectivity index (χ1v) is 14.1. The van der Waals surface area contributed by atoms with Crippen LogP contribution in [0.4, 0.5) is 0 Å². The molecule has 3 heterocycles. The molecule has 39 heavy (non-hydrogen) atoms. The Hall–Kier alpha value is -3.90. The molecule has 0 saturated carbocycles. The second kappa shape index (κ2) is 11.1. The van der Waals surface area contributed by atoms with Crippen LogP contribution in [0.25, 0.3) is 10.9 Å². The van der Waals surface area contributed by atoms with Gasteiger partial charge in [0.1, 0.15) is 11.6 Å². The number of hydrogen-bond donors (Lipinski definition) is 2. The van der Waals surface area contributed by atoms with Gasteiger partial charge in [-0.3, -0.25) is 9.59 Å². The zero-order chi connectivity index (χ0) is 26.7. The van der Waals surface area contributed by atoms with Crippen LogP contribution in [0.2, 0.25) is 0 Å². The maximum Gasteiger partial charge on any atom is 0.246 e. The molecule has 2 amide bonds. The standard InChI is InChI=1S/C33H36N4O2/c38-31-30(23-27-24-34-29-14-8-7-13-28(27)29)35-32(39)33(37(31)20-16-26-11-5-2-6-12-26)17-21-36(22-18-33)19-15-25-9-3-1-4-10-25/h1-14,24,30,34H,15-23H2,(H,35,39). The highest BCUT2D eigenvalue weighted by Gasteiger charge is 2.53. The summed E-state index contributed by atoms with van der Waals surface area (Å²) >= 11 is 0. The van der Waals surface area contributed by atoms with Crippen LogP contribution < -0.4 is 5.32 Å². The number of fused-ring (bicyclic) bond motifs is 1. The first-order chi connectivity index (χ1) is 19.1. The van der Waals surface area contributed by atoms with Crippen molar-refractivity contribution in [1.82, 2.24) is 20.1 Å². The number of para-hydroxylation sites is 1. The Morgan fingerprint density at radius 2 is 1.38 bits per heavy atom. The number of likely N-dealkylation sites (tertiary alicyclic amines) is 1. The topological polar surface area (TPSA) is 68.4 Å². The van der Waals surface area contributed by atoms with Gasteiger partial charge in [0.15, 0.2) is 0 Å². The molecular formula is C33H36N4O2. The maximum atomic E-state index is 14.1. The van der Waals surface area contributed by atoms with E-state index in [9.17, 15) is 9.59 Å². The SMILES string of the molecule is O=C1C(Cc2c[nH]c3ccccc23)NC(=O)C2(CCN(CCc3ccccc3)CC2)N1CCc1ccccc1. The Morgan fingerprint density at radius 1 is 0.769 bits per heavy atom. The summed E-state index contributed by atoms with van der Waals surface area (Å²) in [5.41, 5.74) is 3.82. The van der Waals surface area contributed by atoms with E-state index in [1.54, 1.807) is 0 Å². The minimum atomic E-state index is -0.786. The number of aromatic amines is 1. The highest BCUT2D eigenvalue weighted by Crippen LogP contribution is 2.34. The fourth-order valence-corrected chi connectivity index (χ4v) is 6.32. The fraction of sp³-hybridized carbons (Fsp3) is 0.333. The summed E-state index contributed by atoms with van der Waals surface area (Å²) in [6.45, 7) is 3.12. The van der Waals surface area contributed by atoms with E-state index in [4.69, 9.17) is 0 Å². The number of piperidine rings is 1. The van der Waals surface area contributed by atoms with Crippen molar-refractivity contribution in [1.29, 1.82) is 0 Å². The second-order valence-electron chi connectivity index (χ2n) is 10.9. The number of piperazine rings is 1. The zero-order valence-electron chi connectivity index (χ0n) is 22.3. The van der Waals surface area contributed by atoms with Crippen molar-refractivity contribution in [3.8, 4) is 0 Å². The first-order valence-electron chi connectivity index (χ1n) is 14.1. The molecule has 0 aliphatic carbocycles. The predicted octanol–water partition coefficient (Wildman–Crippen LogP) is 4.36. The van der Waals surface area contributed by atoms with E-state index in [0.717, 1.165) is 48.9 Å². The van der Waals surface area contributed by atoms with Crippen LogP contribution in [-0.4, -0.2) is 64.4 Å². The Bertz CT molecular complexity index is 1420. The number of amides is 2. The fourth-order valence-electron chi connectivity index (χ4n) is 6.32. The van der Waals surface area contributed by atoms with Crippen molar-refractivity contribution < 1.29 is 9.59 Å². The lowest BCUT2D eigenvalue weighted by Gasteiger charge is -2.51. The lowest BCUT2D eigenvalue weighted by atomic mass is 9.80. The van der Waals surface area contributed by atoms with Gasteiger partial charge in [-0.1, -0.05) is 78.9 Å². The lowest BCUT2D eigenvalue weighted by molar-refractivity contribution is -0.161. The second-order valence-corrected chi connectivity index (χ2v) is 10.9. The zero-order valence-corrected chi connectivity index (χ0v) is 22.3. The molecule has 3 aromatic carbocycles. The number of hydrogen-bond acceptors (Lipinski definition) is 3. The molecule has 6 rings (SSSR count). The number of carbonyl (C=O) groups is 2. The van der Waals surface area contributed by atoms with Crippen molar-refractivity contribution in [2.45, 2.75) is 43.7 Å². The van der Waals surface area contributed by atoms with E-state index >= 15 is 0 Å².